The van der Waals surface area contributed by atoms with Crippen LogP contribution < -0.4 is 10.7 Å². The van der Waals surface area contributed by atoms with Crippen molar-refractivity contribution in [3.8, 4) is 0 Å². The molecule has 0 aliphatic heterocycles. The van der Waals surface area contributed by atoms with Gasteiger partial charge in [0.1, 0.15) is 5.71 Å². The number of hydrazone groups is 1. The topological polar surface area (TPSA) is 53.5 Å². The second kappa shape index (κ2) is 6.32. The van der Waals surface area contributed by atoms with Gasteiger partial charge in [0.15, 0.2) is 5.11 Å². The first-order chi connectivity index (χ1) is 11.7. The first-order valence-corrected chi connectivity index (χ1v) is 8.86. The predicted molar refractivity (Wildman–Crippen MR) is 101 cm³/mol. The normalized spacial score (nSPS) is 19.0. The van der Waals surface area contributed by atoms with E-state index < -0.39 is 0 Å². The highest BCUT2D eigenvalue weighted by atomic mass is 32.1. The van der Waals surface area contributed by atoms with E-state index in [1.807, 2.05) is 36.4 Å². The van der Waals surface area contributed by atoms with Gasteiger partial charge in [-0.25, -0.2) is 0 Å². The number of thiocarbonyl (C=S) groups is 1. The fraction of sp³-hybridized carbons (Fsp3) is 0.316. The van der Waals surface area contributed by atoms with Crippen LogP contribution in [0.2, 0.25) is 0 Å². The summed E-state index contributed by atoms with van der Waals surface area (Å²) in [6, 6.07) is 12.1. The molecule has 2 aliphatic carbocycles. The minimum atomic E-state index is -0.0465. The van der Waals surface area contributed by atoms with Crippen molar-refractivity contribution in [2.45, 2.75) is 38.1 Å². The maximum absolute atomic E-state index is 12.6. The number of hydrogen-bond acceptors (Lipinski definition) is 3. The van der Waals surface area contributed by atoms with Gasteiger partial charge in [-0.15, -0.1) is 0 Å². The van der Waals surface area contributed by atoms with Gasteiger partial charge in [0, 0.05) is 22.6 Å². The minimum absolute atomic E-state index is 0.0465. The van der Waals surface area contributed by atoms with E-state index in [2.05, 4.69) is 15.8 Å². The van der Waals surface area contributed by atoms with E-state index in [0.717, 1.165) is 34.7 Å². The van der Waals surface area contributed by atoms with Gasteiger partial charge < -0.3 is 5.32 Å². The van der Waals surface area contributed by atoms with Crippen molar-refractivity contribution in [1.29, 1.82) is 0 Å². The maximum atomic E-state index is 12.6. The lowest BCUT2D eigenvalue weighted by atomic mass is 9.96. The summed E-state index contributed by atoms with van der Waals surface area (Å²) in [4.78, 5) is 12.6. The number of carbonyl (C=O) groups excluding carboxylic acids is 1. The van der Waals surface area contributed by atoms with Crippen molar-refractivity contribution in [2.24, 2.45) is 5.10 Å². The third kappa shape index (κ3) is 2.69. The summed E-state index contributed by atoms with van der Waals surface area (Å²) in [7, 11) is 0. The molecule has 0 unspecified atom stereocenters. The molecule has 2 aromatic carbocycles. The van der Waals surface area contributed by atoms with E-state index >= 15 is 0 Å². The lowest BCUT2D eigenvalue weighted by Crippen LogP contribution is -2.41. The third-order valence-electron chi connectivity index (χ3n) is 4.83. The first kappa shape index (κ1) is 15.3. The highest BCUT2D eigenvalue weighted by Crippen LogP contribution is 2.30. The lowest BCUT2D eigenvalue weighted by Gasteiger charge is -2.23. The lowest BCUT2D eigenvalue weighted by molar-refractivity contribution is 0.106. The van der Waals surface area contributed by atoms with Crippen LogP contribution in [0.15, 0.2) is 41.5 Å². The number of carbonyl (C=O) groups is 1. The largest absolute Gasteiger partial charge is 0.359 e. The number of benzene rings is 2. The average molecular weight is 337 g/mol. The highest BCUT2D eigenvalue weighted by molar-refractivity contribution is 7.80. The van der Waals surface area contributed by atoms with Crippen LogP contribution in [0, 0.1) is 0 Å². The molecule has 0 spiro atoms. The molecule has 1 fully saturated rings. The number of Topliss-reactive ketones (excluding diaryl/α,β-unsaturated/α-hetero) is 1. The van der Waals surface area contributed by atoms with E-state index in [0.29, 0.717) is 16.9 Å². The Morgan fingerprint density at radius 2 is 1.75 bits per heavy atom. The van der Waals surface area contributed by atoms with Gasteiger partial charge in [0.25, 0.3) is 0 Å². The Kier molecular flexibility index (Phi) is 4.02. The zero-order chi connectivity index (χ0) is 16.5. The van der Waals surface area contributed by atoms with Gasteiger partial charge in [-0.2, -0.15) is 5.10 Å². The fourth-order valence-electron chi connectivity index (χ4n) is 3.66. The molecule has 122 valence electrons. The molecule has 5 heteroatoms. The maximum Gasteiger partial charge on any atom is 0.214 e. The smallest absolute Gasteiger partial charge is 0.214 e. The molecule has 0 aromatic heterocycles. The van der Waals surface area contributed by atoms with E-state index in [9.17, 15) is 4.79 Å². The number of hydrogen-bond donors (Lipinski definition) is 2. The second-order valence-electron chi connectivity index (χ2n) is 6.42. The molecular weight excluding hydrogens is 318 g/mol. The Hall–Kier alpha value is -2.27. The van der Waals surface area contributed by atoms with Crippen LogP contribution in [0.25, 0.3) is 10.8 Å². The van der Waals surface area contributed by atoms with Crippen molar-refractivity contribution in [1.82, 2.24) is 10.7 Å². The van der Waals surface area contributed by atoms with Crippen LogP contribution in [-0.2, 0) is 0 Å². The third-order valence-corrected chi connectivity index (χ3v) is 5.04. The van der Waals surface area contributed by atoms with Crippen LogP contribution in [0.3, 0.4) is 0 Å². The number of nitrogens with zero attached hydrogens (tertiary/aromatic N) is 1. The molecule has 24 heavy (non-hydrogen) atoms. The molecular formula is C19H19N3OS. The number of ketones is 1. The van der Waals surface area contributed by atoms with Gasteiger partial charge in [0.2, 0.25) is 5.78 Å². The summed E-state index contributed by atoms with van der Waals surface area (Å²) in [5.41, 5.74) is 4.90. The molecule has 4 nitrogen and oxygen atoms in total. The fourth-order valence-corrected chi connectivity index (χ4v) is 3.87. The molecule has 0 radical (unpaired) electrons. The second-order valence-corrected chi connectivity index (χ2v) is 6.83. The summed E-state index contributed by atoms with van der Waals surface area (Å²) in [5, 5.41) is 10.2. The SMILES string of the molecule is O=C1C(=NNC(=S)NC2CCCCC2)c2cccc3cccc1c23. The Morgan fingerprint density at radius 3 is 2.50 bits per heavy atom. The van der Waals surface area contributed by atoms with Crippen LogP contribution in [0.4, 0.5) is 0 Å². The van der Waals surface area contributed by atoms with Crippen molar-refractivity contribution < 1.29 is 4.79 Å². The van der Waals surface area contributed by atoms with Crippen LogP contribution in [-0.4, -0.2) is 22.6 Å². The summed E-state index contributed by atoms with van der Waals surface area (Å²) < 4.78 is 0. The molecule has 2 aliphatic rings. The van der Waals surface area contributed by atoms with Gasteiger partial charge in [-0.05, 0) is 30.4 Å². The minimum Gasteiger partial charge on any atom is -0.359 e. The monoisotopic (exact) mass is 337 g/mol. The molecule has 0 atom stereocenters. The Balaban J connectivity index is 1.54. The molecule has 0 amide bonds. The van der Waals surface area contributed by atoms with Crippen LogP contribution in [0.5, 0.6) is 0 Å². The van der Waals surface area contributed by atoms with Crippen LogP contribution in [0.1, 0.15) is 48.0 Å². The molecule has 0 bridgehead atoms. The zero-order valence-corrected chi connectivity index (χ0v) is 14.2. The number of rotatable bonds is 2. The van der Waals surface area contributed by atoms with Gasteiger partial charge >= 0.3 is 0 Å². The molecule has 2 aromatic rings. The van der Waals surface area contributed by atoms with Crippen molar-refractivity contribution in [3.63, 3.8) is 0 Å². The number of nitrogens with one attached hydrogen (secondary N) is 2. The van der Waals surface area contributed by atoms with E-state index in [4.69, 9.17) is 12.2 Å². The molecule has 2 N–H and O–H groups in total. The van der Waals surface area contributed by atoms with E-state index in [1.54, 1.807) is 0 Å². The molecule has 4 rings (SSSR count). The van der Waals surface area contributed by atoms with Gasteiger partial charge in [-0.3, -0.25) is 10.2 Å². The Morgan fingerprint density at radius 1 is 1.04 bits per heavy atom. The van der Waals surface area contributed by atoms with Gasteiger partial charge in [-0.1, -0.05) is 55.7 Å². The van der Waals surface area contributed by atoms with Gasteiger partial charge in [0.05, 0.1) is 0 Å². The molecule has 0 heterocycles. The molecule has 1 saturated carbocycles. The summed E-state index contributed by atoms with van der Waals surface area (Å²) in [6.45, 7) is 0. The van der Waals surface area contributed by atoms with E-state index in [-0.39, 0.29) is 5.78 Å². The average Bonchev–Trinajstić information content (AvgIpc) is 2.88. The summed E-state index contributed by atoms with van der Waals surface area (Å²) in [5.74, 6) is -0.0465. The van der Waals surface area contributed by atoms with Crippen molar-refractivity contribution in [3.05, 3.63) is 47.5 Å². The quantitative estimate of drug-likeness (QED) is 0.650. The summed E-state index contributed by atoms with van der Waals surface area (Å²) in [6.07, 6.45) is 6.07. The summed E-state index contributed by atoms with van der Waals surface area (Å²) >= 11 is 5.34. The molecule has 0 saturated heterocycles. The Labute approximate surface area is 146 Å². The van der Waals surface area contributed by atoms with E-state index in [1.165, 1.54) is 19.3 Å². The zero-order valence-electron chi connectivity index (χ0n) is 13.3. The van der Waals surface area contributed by atoms with Crippen LogP contribution >= 0.6 is 12.2 Å². The Bertz CT molecular complexity index is 848. The van der Waals surface area contributed by atoms with Crippen molar-refractivity contribution >= 4 is 39.6 Å². The standard InChI is InChI=1S/C19H19N3OS/c23-18-15-11-5-7-12-6-4-10-14(16(12)15)17(18)21-22-19(24)20-13-8-2-1-3-9-13/h4-7,10-11,13H,1-3,8-9H2,(H2,20,22,24). The predicted octanol–water partition coefficient (Wildman–Crippen LogP) is 3.54. The highest BCUT2D eigenvalue weighted by Gasteiger charge is 2.28. The van der Waals surface area contributed by atoms with Crippen molar-refractivity contribution in [2.75, 3.05) is 0 Å². The first-order valence-electron chi connectivity index (χ1n) is 8.45.